The van der Waals surface area contributed by atoms with Crippen molar-refractivity contribution >= 4 is 5.71 Å². The van der Waals surface area contributed by atoms with Crippen molar-refractivity contribution in [1.29, 1.82) is 0 Å². The Morgan fingerprint density at radius 3 is 3.12 bits per heavy atom. The second-order valence-electron chi connectivity index (χ2n) is 4.77. The van der Waals surface area contributed by atoms with Gasteiger partial charge in [0.1, 0.15) is 0 Å². The van der Waals surface area contributed by atoms with E-state index in [-0.39, 0.29) is 6.10 Å². The summed E-state index contributed by atoms with van der Waals surface area (Å²) in [5, 5.41) is 7.87. The van der Waals surface area contributed by atoms with E-state index >= 15 is 0 Å². The largest absolute Gasteiger partial charge is 0.390 e. The Kier molecular flexibility index (Phi) is 1.65. The molecule has 0 unspecified atom stereocenters. The number of hydrogen-bond acceptors (Lipinski definition) is 4. The Hall–Kier alpha value is -1.42. The molecule has 2 bridgehead atoms. The number of rotatable bonds is 1. The van der Waals surface area contributed by atoms with Gasteiger partial charge in [-0.15, -0.1) is 0 Å². The number of fused-ring (bicyclic) bond motifs is 5. The molecule has 82 valence electrons. The van der Waals surface area contributed by atoms with Crippen LogP contribution in [-0.2, 0) is 4.84 Å². The van der Waals surface area contributed by atoms with Crippen molar-refractivity contribution < 1.29 is 4.84 Å². The monoisotopic (exact) mass is 215 g/mol. The third-order valence-electron chi connectivity index (χ3n) is 3.95. The molecule has 16 heavy (non-hydrogen) atoms. The maximum Gasteiger partial charge on any atom is 0.152 e. The molecule has 1 aromatic heterocycles. The smallest absolute Gasteiger partial charge is 0.152 e. The molecule has 4 heterocycles. The van der Waals surface area contributed by atoms with Crippen LogP contribution >= 0.6 is 0 Å². The minimum absolute atomic E-state index is 0.258. The lowest BCUT2D eigenvalue weighted by Crippen LogP contribution is -2.34. The van der Waals surface area contributed by atoms with Crippen molar-refractivity contribution in [2.45, 2.75) is 31.0 Å². The summed E-state index contributed by atoms with van der Waals surface area (Å²) >= 11 is 0. The quantitative estimate of drug-likeness (QED) is 0.758. The maximum atomic E-state index is 5.58. The van der Waals surface area contributed by atoms with E-state index in [9.17, 15) is 0 Å². The first-order valence-electron chi connectivity index (χ1n) is 5.83. The number of nitrogens with zero attached hydrogens (tertiary/aromatic N) is 2. The molecule has 4 nitrogen and oxygen atoms in total. The van der Waals surface area contributed by atoms with Gasteiger partial charge in [0.15, 0.2) is 6.10 Å². The lowest BCUT2D eigenvalue weighted by Gasteiger charge is -2.20. The van der Waals surface area contributed by atoms with Crippen LogP contribution in [0.2, 0.25) is 0 Å². The van der Waals surface area contributed by atoms with Crippen LogP contribution in [0.15, 0.2) is 29.7 Å². The van der Waals surface area contributed by atoms with Gasteiger partial charge in [-0.1, -0.05) is 5.16 Å². The Labute approximate surface area is 93.7 Å². The molecule has 2 fully saturated rings. The summed E-state index contributed by atoms with van der Waals surface area (Å²) in [5.74, 6) is 0.433. The highest BCUT2D eigenvalue weighted by Crippen LogP contribution is 2.41. The zero-order valence-electron chi connectivity index (χ0n) is 8.84. The first kappa shape index (κ1) is 8.70. The van der Waals surface area contributed by atoms with Crippen molar-refractivity contribution in [3.8, 4) is 0 Å². The normalized spacial score (nSPS) is 39.4. The molecule has 4 atom stereocenters. The maximum absolute atomic E-state index is 5.58. The topological polar surface area (TPSA) is 46.5 Å². The fraction of sp³-hybridized carbons (Fsp3) is 0.500. The first-order valence-corrected chi connectivity index (χ1v) is 5.83. The molecule has 3 aliphatic heterocycles. The first-order chi connectivity index (χ1) is 7.93. The summed E-state index contributed by atoms with van der Waals surface area (Å²) in [4.78, 5) is 9.72. The van der Waals surface area contributed by atoms with Crippen molar-refractivity contribution in [2.75, 3.05) is 0 Å². The van der Waals surface area contributed by atoms with Crippen molar-refractivity contribution in [3.05, 3.63) is 30.1 Å². The second-order valence-corrected chi connectivity index (χ2v) is 4.77. The van der Waals surface area contributed by atoms with E-state index in [1.165, 1.54) is 12.8 Å². The number of pyridine rings is 1. The van der Waals surface area contributed by atoms with E-state index in [1.54, 1.807) is 6.20 Å². The summed E-state index contributed by atoms with van der Waals surface area (Å²) in [7, 11) is 0. The molecule has 0 aromatic carbocycles. The lowest BCUT2D eigenvalue weighted by atomic mass is 9.82. The minimum Gasteiger partial charge on any atom is -0.390 e. The van der Waals surface area contributed by atoms with Crippen LogP contribution in [0.5, 0.6) is 0 Å². The summed E-state index contributed by atoms with van der Waals surface area (Å²) in [5.41, 5.74) is 2.18. The van der Waals surface area contributed by atoms with Gasteiger partial charge in [-0.3, -0.25) is 4.98 Å². The zero-order valence-corrected chi connectivity index (χ0v) is 8.84. The SMILES string of the molecule is c1cncc(C2=NO[C@@H]3[C@H]2[C@H]2CC[C@@H]3N2)c1. The molecule has 4 rings (SSSR count). The molecular weight excluding hydrogens is 202 g/mol. The summed E-state index contributed by atoms with van der Waals surface area (Å²) < 4.78 is 0. The van der Waals surface area contributed by atoms with Crippen LogP contribution in [0, 0.1) is 5.92 Å². The van der Waals surface area contributed by atoms with Gasteiger partial charge in [-0.2, -0.15) is 0 Å². The van der Waals surface area contributed by atoms with Crippen LogP contribution in [0.3, 0.4) is 0 Å². The molecule has 4 heteroatoms. The highest BCUT2D eigenvalue weighted by Gasteiger charge is 2.54. The van der Waals surface area contributed by atoms with Gasteiger partial charge < -0.3 is 10.2 Å². The second kappa shape index (κ2) is 3.04. The lowest BCUT2D eigenvalue weighted by molar-refractivity contribution is 0.0505. The molecule has 0 radical (unpaired) electrons. The number of aromatic nitrogens is 1. The third-order valence-corrected chi connectivity index (χ3v) is 3.95. The van der Waals surface area contributed by atoms with Crippen molar-refractivity contribution in [3.63, 3.8) is 0 Å². The predicted molar refractivity (Wildman–Crippen MR) is 59.1 cm³/mol. The number of hydrogen-bond donors (Lipinski definition) is 1. The van der Waals surface area contributed by atoms with Crippen LogP contribution in [0.1, 0.15) is 18.4 Å². The average molecular weight is 215 g/mol. The number of oxime groups is 1. The number of nitrogens with one attached hydrogen (secondary N) is 1. The molecule has 0 aliphatic carbocycles. The Bertz CT molecular complexity index is 445. The van der Waals surface area contributed by atoms with E-state index in [1.807, 2.05) is 12.3 Å². The van der Waals surface area contributed by atoms with E-state index < -0.39 is 0 Å². The molecular formula is C12H13N3O. The van der Waals surface area contributed by atoms with Crippen molar-refractivity contribution in [2.24, 2.45) is 11.1 Å². The standard InChI is InChI=1S/C12H13N3O/c1-2-7(6-13-5-1)11-10-8-3-4-9(14-8)12(10)16-15-11/h1-2,5-6,8-10,12,14H,3-4H2/t8-,9+,10+,12+/m1/s1. The van der Waals surface area contributed by atoms with Crippen LogP contribution in [0.4, 0.5) is 0 Å². The zero-order chi connectivity index (χ0) is 10.5. The highest BCUT2D eigenvalue weighted by molar-refractivity contribution is 6.03. The summed E-state index contributed by atoms with van der Waals surface area (Å²) in [6, 6.07) is 5.07. The van der Waals surface area contributed by atoms with Gasteiger partial charge in [-0.05, 0) is 25.0 Å². The molecule has 2 saturated heterocycles. The van der Waals surface area contributed by atoms with E-state index in [0.29, 0.717) is 18.0 Å². The summed E-state index contributed by atoms with van der Waals surface area (Å²) in [6.07, 6.45) is 6.39. The van der Waals surface area contributed by atoms with Gasteiger partial charge >= 0.3 is 0 Å². The summed E-state index contributed by atoms with van der Waals surface area (Å²) in [6.45, 7) is 0. The van der Waals surface area contributed by atoms with Crippen molar-refractivity contribution in [1.82, 2.24) is 10.3 Å². The Morgan fingerprint density at radius 1 is 1.31 bits per heavy atom. The van der Waals surface area contributed by atoms with Gasteiger partial charge in [-0.25, -0.2) is 0 Å². The molecule has 1 N–H and O–H groups in total. The van der Waals surface area contributed by atoms with Gasteiger partial charge in [0.25, 0.3) is 0 Å². The molecule has 1 aromatic rings. The molecule has 0 saturated carbocycles. The van der Waals surface area contributed by atoms with Crippen LogP contribution < -0.4 is 5.32 Å². The van der Waals surface area contributed by atoms with Gasteiger partial charge in [0.2, 0.25) is 0 Å². The fourth-order valence-corrected chi connectivity index (χ4v) is 3.25. The average Bonchev–Trinajstić information content (AvgIpc) is 3.03. The van der Waals surface area contributed by atoms with Crippen LogP contribution in [0.25, 0.3) is 0 Å². The Balaban J connectivity index is 1.72. The van der Waals surface area contributed by atoms with E-state index in [4.69, 9.17) is 4.84 Å². The minimum atomic E-state index is 0.258. The molecule has 0 spiro atoms. The predicted octanol–water partition coefficient (Wildman–Crippen LogP) is 0.935. The fourth-order valence-electron chi connectivity index (χ4n) is 3.25. The van der Waals surface area contributed by atoms with Gasteiger partial charge in [0.05, 0.1) is 11.6 Å². The van der Waals surface area contributed by atoms with Gasteiger partial charge in [0, 0.05) is 30.0 Å². The molecule has 0 amide bonds. The Morgan fingerprint density at radius 2 is 2.25 bits per heavy atom. The van der Waals surface area contributed by atoms with Crippen LogP contribution in [-0.4, -0.2) is 28.9 Å². The van der Waals surface area contributed by atoms with E-state index in [2.05, 4.69) is 21.5 Å². The molecule has 3 aliphatic rings. The third kappa shape index (κ3) is 1.02. The highest BCUT2D eigenvalue weighted by atomic mass is 16.6. The van der Waals surface area contributed by atoms with E-state index in [0.717, 1.165) is 11.3 Å².